The molecule has 2 rings (SSSR count). The van der Waals surface area contributed by atoms with E-state index in [2.05, 4.69) is 0 Å². The van der Waals surface area contributed by atoms with E-state index in [0.29, 0.717) is 11.3 Å². The first kappa shape index (κ1) is 13.0. The maximum Gasteiger partial charge on any atom is 0.248 e. The Labute approximate surface area is 112 Å². The van der Waals surface area contributed by atoms with Crippen LogP contribution in [-0.4, -0.2) is 12.5 Å². The second kappa shape index (κ2) is 5.44. The van der Waals surface area contributed by atoms with Crippen molar-refractivity contribution in [2.24, 2.45) is 5.73 Å². The van der Waals surface area contributed by atoms with Gasteiger partial charge in [-0.3, -0.25) is 4.79 Å². The normalized spacial score (nSPS) is 10.2. The van der Waals surface area contributed by atoms with Crippen LogP contribution in [0.15, 0.2) is 48.5 Å². The summed E-state index contributed by atoms with van der Waals surface area (Å²) in [6.45, 7) is 2.78. The average molecular weight is 255 g/mol. The first-order valence-corrected chi connectivity index (χ1v) is 6.15. The Kier molecular flexibility index (Phi) is 3.71. The molecule has 19 heavy (non-hydrogen) atoms. The number of anilines is 3. The summed E-state index contributed by atoms with van der Waals surface area (Å²) in [4.78, 5) is 13.3. The number of hydrogen-bond donors (Lipinski definition) is 2. The molecule has 0 atom stereocenters. The molecule has 98 valence electrons. The number of nitrogens with zero attached hydrogens (tertiary/aromatic N) is 1. The number of para-hydroxylation sites is 1. The highest BCUT2D eigenvalue weighted by Gasteiger charge is 2.12. The van der Waals surface area contributed by atoms with Crippen LogP contribution in [0.25, 0.3) is 0 Å². The van der Waals surface area contributed by atoms with Crippen molar-refractivity contribution in [1.82, 2.24) is 0 Å². The van der Waals surface area contributed by atoms with Gasteiger partial charge in [0.05, 0.1) is 11.4 Å². The van der Waals surface area contributed by atoms with E-state index in [1.165, 1.54) is 0 Å². The number of carbonyl (C=O) groups excluding carboxylic acids is 1. The molecule has 0 aromatic heterocycles. The minimum Gasteiger partial charge on any atom is -0.397 e. The van der Waals surface area contributed by atoms with Crippen LogP contribution in [0.4, 0.5) is 17.1 Å². The van der Waals surface area contributed by atoms with Crippen LogP contribution in [0.2, 0.25) is 0 Å². The molecule has 0 saturated heterocycles. The summed E-state index contributed by atoms with van der Waals surface area (Å²) in [7, 11) is 0. The van der Waals surface area contributed by atoms with Gasteiger partial charge < -0.3 is 16.4 Å². The van der Waals surface area contributed by atoms with Crippen LogP contribution >= 0.6 is 0 Å². The highest BCUT2D eigenvalue weighted by atomic mass is 16.1. The zero-order valence-corrected chi connectivity index (χ0v) is 10.8. The van der Waals surface area contributed by atoms with Crippen molar-refractivity contribution in [3.63, 3.8) is 0 Å². The van der Waals surface area contributed by atoms with Crippen LogP contribution in [0.5, 0.6) is 0 Å². The minimum absolute atomic E-state index is 0.453. The SMILES string of the molecule is CCN(c1ccccc1)c1cc(C(N)=O)ccc1N. The summed E-state index contributed by atoms with van der Waals surface area (Å²) in [5.74, 6) is -0.453. The molecule has 0 radical (unpaired) electrons. The Morgan fingerprint density at radius 2 is 1.84 bits per heavy atom. The zero-order chi connectivity index (χ0) is 13.8. The van der Waals surface area contributed by atoms with Crippen molar-refractivity contribution >= 4 is 23.0 Å². The molecule has 2 aromatic rings. The van der Waals surface area contributed by atoms with Gasteiger partial charge in [0.1, 0.15) is 0 Å². The van der Waals surface area contributed by atoms with E-state index in [-0.39, 0.29) is 0 Å². The second-order valence-corrected chi connectivity index (χ2v) is 4.22. The monoisotopic (exact) mass is 255 g/mol. The van der Waals surface area contributed by atoms with Crippen molar-refractivity contribution in [1.29, 1.82) is 0 Å². The van der Waals surface area contributed by atoms with Gasteiger partial charge in [-0.25, -0.2) is 0 Å². The van der Waals surface area contributed by atoms with Crippen molar-refractivity contribution in [2.45, 2.75) is 6.92 Å². The third-order valence-corrected chi connectivity index (χ3v) is 2.99. The van der Waals surface area contributed by atoms with Gasteiger partial charge in [0.2, 0.25) is 5.91 Å². The highest BCUT2D eigenvalue weighted by Crippen LogP contribution is 2.30. The van der Waals surface area contributed by atoms with Gasteiger partial charge in [0, 0.05) is 17.8 Å². The molecule has 0 bridgehead atoms. The molecule has 4 N–H and O–H groups in total. The molecule has 0 aliphatic heterocycles. The third-order valence-electron chi connectivity index (χ3n) is 2.99. The van der Waals surface area contributed by atoms with Crippen LogP contribution in [0.3, 0.4) is 0 Å². The molecular formula is C15H17N3O. The van der Waals surface area contributed by atoms with E-state index >= 15 is 0 Å². The number of rotatable bonds is 4. The fourth-order valence-electron chi connectivity index (χ4n) is 2.03. The Bertz CT molecular complexity index is 581. The van der Waals surface area contributed by atoms with Gasteiger partial charge in [-0.2, -0.15) is 0 Å². The Hall–Kier alpha value is -2.49. The third kappa shape index (κ3) is 2.68. The van der Waals surface area contributed by atoms with Crippen LogP contribution < -0.4 is 16.4 Å². The topological polar surface area (TPSA) is 72.3 Å². The number of nitrogen functional groups attached to an aromatic ring is 1. The van der Waals surface area contributed by atoms with Gasteiger partial charge in [0.15, 0.2) is 0 Å². The minimum atomic E-state index is -0.453. The summed E-state index contributed by atoms with van der Waals surface area (Å²) < 4.78 is 0. The molecule has 1 amide bonds. The summed E-state index contributed by atoms with van der Waals surface area (Å²) in [6, 6.07) is 15.0. The van der Waals surface area contributed by atoms with E-state index in [1.54, 1.807) is 18.2 Å². The van der Waals surface area contributed by atoms with Crippen LogP contribution in [0, 0.1) is 0 Å². The van der Waals surface area contributed by atoms with Gasteiger partial charge in [-0.05, 0) is 37.3 Å². The first-order chi connectivity index (χ1) is 9.13. The molecule has 0 unspecified atom stereocenters. The van der Waals surface area contributed by atoms with Gasteiger partial charge in [-0.15, -0.1) is 0 Å². The number of primary amides is 1. The Morgan fingerprint density at radius 3 is 2.42 bits per heavy atom. The summed E-state index contributed by atoms with van der Waals surface area (Å²) in [5.41, 5.74) is 14.2. The second-order valence-electron chi connectivity index (χ2n) is 4.22. The molecule has 4 heteroatoms. The largest absolute Gasteiger partial charge is 0.397 e. The van der Waals surface area contributed by atoms with Crippen molar-refractivity contribution in [3.8, 4) is 0 Å². The zero-order valence-electron chi connectivity index (χ0n) is 10.8. The molecule has 0 aliphatic rings. The molecule has 0 spiro atoms. The molecule has 0 fully saturated rings. The summed E-state index contributed by atoms with van der Waals surface area (Å²) in [5, 5.41) is 0. The Balaban J connectivity index is 2.49. The molecule has 0 aliphatic carbocycles. The molecule has 4 nitrogen and oxygen atoms in total. The van der Waals surface area contributed by atoms with Crippen molar-refractivity contribution in [2.75, 3.05) is 17.2 Å². The number of amides is 1. The Morgan fingerprint density at radius 1 is 1.16 bits per heavy atom. The van der Waals surface area contributed by atoms with E-state index in [4.69, 9.17) is 11.5 Å². The fraction of sp³-hybridized carbons (Fsp3) is 0.133. The van der Waals surface area contributed by atoms with E-state index in [0.717, 1.165) is 17.9 Å². The predicted molar refractivity (Wildman–Crippen MR) is 78.5 cm³/mol. The number of nitrogens with two attached hydrogens (primary N) is 2. The lowest BCUT2D eigenvalue weighted by molar-refractivity contribution is 0.100. The predicted octanol–water partition coefficient (Wildman–Crippen LogP) is 2.53. The lowest BCUT2D eigenvalue weighted by Crippen LogP contribution is -2.19. The fourth-order valence-corrected chi connectivity index (χ4v) is 2.03. The van der Waals surface area contributed by atoms with E-state index in [9.17, 15) is 4.79 Å². The van der Waals surface area contributed by atoms with Gasteiger partial charge in [0.25, 0.3) is 0 Å². The molecular weight excluding hydrogens is 238 g/mol. The lowest BCUT2D eigenvalue weighted by Gasteiger charge is -2.25. The maximum atomic E-state index is 11.3. The quantitative estimate of drug-likeness (QED) is 0.824. The van der Waals surface area contributed by atoms with Gasteiger partial charge >= 0.3 is 0 Å². The standard InChI is InChI=1S/C15H17N3O/c1-2-18(12-6-4-3-5-7-12)14-10-11(15(17)19)8-9-13(14)16/h3-10H,2,16H2,1H3,(H2,17,19). The highest BCUT2D eigenvalue weighted by molar-refractivity contribution is 5.95. The van der Waals surface area contributed by atoms with Crippen molar-refractivity contribution in [3.05, 3.63) is 54.1 Å². The van der Waals surface area contributed by atoms with E-state index in [1.807, 2.05) is 42.2 Å². The van der Waals surface area contributed by atoms with Gasteiger partial charge in [-0.1, -0.05) is 18.2 Å². The number of carbonyl (C=O) groups is 1. The number of hydrogen-bond acceptors (Lipinski definition) is 3. The molecule has 0 saturated carbocycles. The smallest absolute Gasteiger partial charge is 0.248 e. The molecule has 2 aromatic carbocycles. The van der Waals surface area contributed by atoms with Crippen molar-refractivity contribution < 1.29 is 4.79 Å². The number of benzene rings is 2. The van der Waals surface area contributed by atoms with E-state index < -0.39 is 5.91 Å². The van der Waals surface area contributed by atoms with Crippen LogP contribution in [0.1, 0.15) is 17.3 Å². The maximum absolute atomic E-state index is 11.3. The summed E-state index contributed by atoms with van der Waals surface area (Å²) >= 11 is 0. The lowest BCUT2D eigenvalue weighted by atomic mass is 10.1. The average Bonchev–Trinajstić information content (AvgIpc) is 2.42. The molecule has 0 heterocycles. The van der Waals surface area contributed by atoms with Crippen LogP contribution in [-0.2, 0) is 0 Å². The first-order valence-electron chi connectivity index (χ1n) is 6.15. The summed E-state index contributed by atoms with van der Waals surface area (Å²) in [6.07, 6.45) is 0.